The fourth-order valence-electron chi connectivity index (χ4n) is 3.75. The third kappa shape index (κ3) is 2.36. The molecule has 0 radical (unpaired) electrons. The van der Waals surface area contributed by atoms with Gasteiger partial charge < -0.3 is 10.0 Å². The van der Waals surface area contributed by atoms with Crippen molar-refractivity contribution in [1.29, 1.82) is 0 Å². The summed E-state index contributed by atoms with van der Waals surface area (Å²) in [6.07, 6.45) is 1.06. The summed E-state index contributed by atoms with van der Waals surface area (Å²) in [5.74, 6) is 0. The number of benzene rings is 2. The molecule has 0 saturated carbocycles. The maximum atomic E-state index is 11.4. The highest BCUT2D eigenvalue weighted by Crippen LogP contribution is 2.51. The lowest BCUT2D eigenvalue weighted by atomic mass is 9.75. The smallest absolute Gasteiger partial charge is 0.269 e. The Balaban J connectivity index is 1.87. The number of hydrogen-bond acceptors (Lipinski definition) is 4. The number of nitro benzene ring substituents is 1. The van der Waals surface area contributed by atoms with Gasteiger partial charge >= 0.3 is 0 Å². The monoisotopic (exact) mass is 326 g/mol. The van der Waals surface area contributed by atoms with Crippen molar-refractivity contribution < 1.29 is 10.0 Å². The maximum Gasteiger partial charge on any atom is 0.269 e. The van der Waals surface area contributed by atoms with Crippen molar-refractivity contribution in [2.45, 2.75) is 37.8 Å². The highest BCUT2D eigenvalue weighted by atomic mass is 16.6. The van der Waals surface area contributed by atoms with Crippen LogP contribution in [0.3, 0.4) is 0 Å². The molecule has 1 aliphatic rings. The molecule has 1 heterocycles. The number of para-hydroxylation sites is 1. The van der Waals surface area contributed by atoms with Gasteiger partial charge in [0.15, 0.2) is 0 Å². The van der Waals surface area contributed by atoms with E-state index in [9.17, 15) is 15.2 Å². The predicted molar refractivity (Wildman–Crippen MR) is 94.2 cm³/mol. The van der Waals surface area contributed by atoms with E-state index in [1.54, 1.807) is 12.1 Å². The fourth-order valence-corrected chi connectivity index (χ4v) is 3.75. The number of non-ortho nitro benzene ring substituents is 1. The van der Waals surface area contributed by atoms with Crippen molar-refractivity contribution in [2.75, 3.05) is 11.9 Å². The van der Waals surface area contributed by atoms with Gasteiger partial charge in [-0.1, -0.05) is 44.2 Å². The van der Waals surface area contributed by atoms with Crippen LogP contribution in [0.15, 0.2) is 48.5 Å². The summed E-state index contributed by atoms with van der Waals surface area (Å²) >= 11 is 0. The van der Waals surface area contributed by atoms with Crippen molar-refractivity contribution in [2.24, 2.45) is 0 Å². The minimum atomic E-state index is -1.04. The molecule has 1 unspecified atom stereocenters. The van der Waals surface area contributed by atoms with Gasteiger partial charge in [0.05, 0.1) is 4.92 Å². The van der Waals surface area contributed by atoms with Crippen LogP contribution in [0.4, 0.5) is 11.4 Å². The topological polar surface area (TPSA) is 66.6 Å². The molecule has 1 atom stereocenters. The van der Waals surface area contributed by atoms with Crippen LogP contribution < -0.4 is 4.90 Å². The molecule has 0 aromatic heterocycles. The number of rotatable bonds is 4. The van der Waals surface area contributed by atoms with Gasteiger partial charge in [0.1, 0.15) is 5.72 Å². The van der Waals surface area contributed by atoms with E-state index in [-0.39, 0.29) is 10.6 Å². The molecule has 0 bridgehead atoms. The van der Waals surface area contributed by atoms with Crippen LogP contribution >= 0.6 is 0 Å². The number of aliphatic hydroxyl groups is 1. The molecule has 3 rings (SSSR count). The summed E-state index contributed by atoms with van der Waals surface area (Å²) in [6.45, 7) is 4.09. The normalized spacial score (nSPS) is 21.6. The summed E-state index contributed by atoms with van der Waals surface area (Å²) in [7, 11) is 1.90. The van der Waals surface area contributed by atoms with Gasteiger partial charge in [0, 0.05) is 30.3 Å². The Kier molecular flexibility index (Phi) is 3.84. The van der Waals surface area contributed by atoms with Gasteiger partial charge in [-0.2, -0.15) is 0 Å². The number of nitrogens with zero attached hydrogens (tertiary/aromatic N) is 2. The highest BCUT2D eigenvalue weighted by Gasteiger charge is 2.54. The Bertz CT molecular complexity index is 788. The average Bonchev–Trinajstić information content (AvgIpc) is 2.72. The van der Waals surface area contributed by atoms with Gasteiger partial charge in [-0.05, 0) is 30.0 Å². The van der Waals surface area contributed by atoms with Crippen LogP contribution in [0.25, 0.3) is 0 Å². The Labute approximate surface area is 141 Å². The minimum absolute atomic E-state index is 0.0850. The quantitative estimate of drug-likeness (QED) is 0.688. The summed E-state index contributed by atoms with van der Waals surface area (Å²) in [5, 5.41) is 22.4. The van der Waals surface area contributed by atoms with E-state index in [1.165, 1.54) is 6.07 Å². The Hall–Kier alpha value is -2.40. The molecule has 0 aliphatic carbocycles. The average molecular weight is 326 g/mol. The number of anilines is 1. The largest absolute Gasteiger partial charge is 0.370 e. The van der Waals surface area contributed by atoms with Gasteiger partial charge in [-0.15, -0.1) is 0 Å². The van der Waals surface area contributed by atoms with Crippen molar-refractivity contribution in [1.82, 2.24) is 0 Å². The van der Waals surface area contributed by atoms with Crippen molar-refractivity contribution in [3.05, 3.63) is 69.8 Å². The zero-order valence-electron chi connectivity index (χ0n) is 14.2. The maximum absolute atomic E-state index is 11.4. The van der Waals surface area contributed by atoms with Gasteiger partial charge in [0.25, 0.3) is 5.69 Å². The second kappa shape index (κ2) is 5.60. The zero-order chi connectivity index (χ0) is 17.5. The number of aryl methyl sites for hydroxylation is 1. The van der Waals surface area contributed by atoms with Gasteiger partial charge in [0.2, 0.25) is 0 Å². The first-order valence-electron chi connectivity index (χ1n) is 8.06. The van der Waals surface area contributed by atoms with Crippen molar-refractivity contribution in [3.63, 3.8) is 0 Å². The lowest BCUT2D eigenvalue weighted by Crippen LogP contribution is -2.54. The fraction of sp³-hybridized carbons (Fsp3) is 0.368. The van der Waals surface area contributed by atoms with Crippen LogP contribution in [0, 0.1) is 10.1 Å². The molecule has 0 fully saturated rings. The molecule has 0 saturated heterocycles. The van der Waals surface area contributed by atoms with E-state index in [0.717, 1.165) is 16.8 Å². The van der Waals surface area contributed by atoms with E-state index in [4.69, 9.17) is 0 Å². The third-order valence-electron chi connectivity index (χ3n) is 5.38. The van der Waals surface area contributed by atoms with E-state index >= 15 is 0 Å². The first kappa shape index (κ1) is 16.5. The molecule has 2 aromatic rings. The molecule has 126 valence electrons. The van der Waals surface area contributed by atoms with Crippen LogP contribution in [0.5, 0.6) is 0 Å². The second-order valence-corrected chi connectivity index (χ2v) is 6.94. The zero-order valence-corrected chi connectivity index (χ0v) is 14.2. The first-order valence-corrected chi connectivity index (χ1v) is 8.06. The molecule has 24 heavy (non-hydrogen) atoms. The summed E-state index contributed by atoms with van der Waals surface area (Å²) < 4.78 is 0. The van der Waals surface area contributed by atoms with Gasteiger partial charge in [-0.3, -0.25) is 10.1 Å². The lowest BCUT2D eigenvalue weighted by molar-refractivity contribution is -0.384. The first-order chi connectivity index (χ1) is 11.3. The molecule has 0 amide bonds. The molecular weight excluding hydrogens is 304 g/mol. The van der Waals surface area contributed by atoms with E-state index < -0.39 is 11.1 Å². The molecule has 0 spiro atoms. The molecule has 2 aromatic carbocycles. The van der Waals surface area contributed by atoms with Crippen molar-refractivity contribution >= 4 is 11.4 Å². The Morgan fingerprint density at radius 1 is 1.17 bits per heavy atom. The molecular formula is C19H22N2O3. The highest BCUT2D eigenvalue weighted by molar-refractivity contribution is 5.64. The second-order valence-electron chi connectivity index (χ2n) is 6.94. The molecule has 5 heteroatoms. The number of likely N-dealkylation sites (N-methyl/N-ethyl adjacent to an activating group) is 1. The summed E-state index contributed by atoms with van der Waals surface area (Å²) in [5.41, 5.74) is 1.62. The standard InChI is InChI=1S/C19H22N2O3/c1-18(2)16-9-4-5-10-17(16)20(3)19(18,22)12-11-14-7-6-8-15(13-14)21(23)24/h4-10,13,22H,11-12H2,1-3H3. The molecule has 5 nitrogen and oxygen atoms in total. The van der Waals surface area contributed by atoms with E-state index in [1.807, 2.05) is 50.1 Å². The van der Waals surface area contributed by atoms with Crippen LogP contribution in [0.2, 0.25) is 0 Å². The number of hydrogen-bond donors (Lipinski definition) is 1. The SMILES string of the molecule is CN1c2ccccc2C(C)(C)C1(O)CCc1cccc([N+](=O)[O-])c1. The number of nitro groups is 1. The van der Waals surface area contributed by atoms with E-state index in [2.05, 4.69) is 6.07 Å². The predicted octanol–water partition coefficient (Wildman–Crippen LogP) is 3.64. The molecule has 1 aliphatic heterocycles. The van der Waals surface area contributed by atoms with E-state index in [0.29, 0.717) is 12.8 Å². The van der Waals surface area contributed by atoms with Crippen LogP contribution in [0.1, 0.15) is 31.4 Å². The van der Waals surface area contributed by atoms with Crippen molar-refractivity contribution in [3.8, 4) is 0 Å². The Morgan fingerprint density at radius 2 is 1.88 bits per heavy atom. The van der Waals surface area contributed by atoms with Crippen LogP contribution in [-0.2, 0) is 11.8 Å². The summed E-state index contributed by atoms with van der Waals surface area (Å²) in [6, 6.07) is 14.7. The minimum Gasteiger partial charge on any atom is -0.370 e. The lowest BCUT2D eigenvalue weighted by Gasteiger charge is -2.42. The summed E-state index contributed by atoms with van der Waals surface area (Å²) in [4.78, 5) is 12.5. The van der Waals surface area contributed by atoms with Gasteiger partial charge in [-0.25, -0.2) is 0 Å². The third-order valence-corrected chi connectivity index (χ3v) is 5.38. The molecule has 1 N–H and O–H groups in total. The Morgan fingerprint density at radius 3 is 2.54 bits per heavy atom. The van der Waals surface area contributed by atoms with Crippen LogP contribution in [-0.4, -0.2) is 22.8 Å². The number of fused-ring (bicyclic) bond motifs is 1.